The summed E-state index contributed by atoms with van der Waals surface area (Å²) in [6.07, 6.45) is 0. The molecule has 0 bridgehead atoms. The van der Waals surface area contributed by atoms with Crippen LogP contribution >= 0.6 is 0 Å². The smallest absolute Gasteiger partial charge is 0.263 e. The van der Waals surface area contributed by atoms with Crippen LogP contribution in [-0.2, 0) is 0 Å². The van der Waals surface area contributed by atoms with E-state index in [2.05, 4.69) is 10.1 Å². The van der Waals surface area contributed by atoms with Gasteiger partial charge in [0.05, 0.1) is 6.04 Å². The average molecular weight is 225 g/mol. The maximum Gasteiger partial charge on any atom is 0.263 e. The van der Waals surface area contributed by atoms with E-state index < -0.39 is 17.7 Å². The minimum atomic E-state index is -0.750. The first-order valence-electron chi connectivity index (χ1n) is 4.63. The highest BCUT2D eigenvalue weighted by Gasteiger charge is 2.18. The quantitative estimate of drug-likeness (QED) is 0.849. The second kappa shape index (κ2) is 3.97. The number of halogens is 2. The molecule has 2 N–H and O–H groups in total. The summed E-state index contributed by atoms with van der Waals surface area (Å²) in [5.41, 5.74) is 5.18. The summed E-state index contributed by atoms with van der Waals surface area (Å²) in [5.74, 6) is -1.50. The van der Waals surface area contributed by atoms with Crippen LogP contribution in [0.5, 0.6) is 0 Å². The lowest BCUT2D eigenvalue weighted by atomic mass is 10.2. The maximum absolute atomic E-state index is 13.3. The molecular formula is C10H9F2N3O. The van der Waals surface area contributed by atoms with Gasteiger partial charge in [-0.25, -0.2) is 8.78 Å². The summed E-state index contributed by atoms with van der Waals surface area (Å²) < 4.78 is 31.4. The van der Waals surface area contributed by atoms with E-state index in [0.29, 0.717) is 0 Å². The van der Waals surface area contributed by atoms with Crippen LogP contribution < -0.4 is 5.73 Å². The third-order valence-electron chi connectivity index (χ3n) is 2.03. The van der Waals surface area contributed by atoms with Gasteiger partial charge in [0.2, 0.25) is 0 Å². The van der Waals surface area contributed by atoms with Crippen LogP contribution in [-0.4, -0.2) is 10.1 Å². The lowest BCUT2D eigenvalue weighted by Gasteiger charge is -1.98. The van der Waals surface area contributed by atoms with Gasteiger partial charge in [-0.1, -0.05) is 11.2 Å². The van der Waals surface area contributed by atoms with Gasteiger partial charge in [0.15, 0.2) is 5.82 Å². The Morgan fingerprint density at radius 3 is 2.44 bits per heavy atom. The summed E-state index contributed by atoms with van der Waals surface area (Å²) in [7, 11) is 0. The minimum absolute atomic E-state index is 0.206. The van der Waals surface area contributed by atoms with Gasteiger partial charge in [0.1, 0.15) is 17.2 Å². The first kappa shape index (κ1) is 10.7. The molecule has 2 rings (SSSR count). The fourth-order valence-corrected chi connectivity index (χ4v) is 1.22. The molecule has 0 spiro atoms. The molecule has 0 saturated heterocycles. The predicted molar refractivity (Wildman–Crippen MR) is 52.3 cm³/mol. The third kappa shape index (κ3) is 1.79. The molecule has 0 radical (unpaired) electrons. The van der Waals surface area contributed by atoms with Crippen molar-refractivity contribution in [2.45, 2.75) is 13.0 Å². The van der Waals surface area contributed by atoms with E-state index in [0.717, 1.165) is 12.1 Å². The van der Waals surface area contributed by atoms with Crippen molar-refractivity contribution >= 4 is 0 Å². The van der Waals surface area contributed by atoms with Gasteiger partial charge in [-0.05, 0) is 19.1 Å². The molecule has 6 heteroatoms. The van der Waals surface area contributed by atoms with Crippen molar-refractivity contribution in [2.75, 3.05) is 0 Å². The molecular weight excluding hydrogens is 216 g/mol. The molecule has 84 valence electrons. The first-order chi connectivity index (χ1) is 7.59. The van der Waals surface area contributed by atoms with Gasteiger partial charge in [-0.15, -0.1) is 0 Å². The Labute approximate surface area is 90.1 Å². The second-order valence-corrected chi connectivity index (χ2v) is 3.34. The van der Waals surface area contributed by atoms with Crippen molar-refractivity contribution in [3.8, 4) is 11.5 Å². The van der Waals surface area contributed by atoms with Crippen LogP contribution in [0.4, 0.5) is 8.78 Å². The van der Waals surface area contributed by atoms with E-state index in [1.54, 1.807) is 6.92 Å². The number of nitrogens with zero attached hydrogens (tertiary/aromatic N) is 2. The van der Waals surface area contributed by atoms with Crippen molar-refractivity contribution in [1.29, 1.82) is 0 Å². The SMILES string of the molecule is CC(N)c1noc(-c2c(F)cccc2F)n1. The maximum atomic E-state index is 13.3. The fourth-order valence-electron chi connectivity index (χ4n) is 1.22. The van der Waals surface area contributed by atoms with Crippen LogP contribution in [0.25, 0.3) is 11.5 Å². The van der Waals surface area contributed by atoms with Crippen molar-refractivity contribution in [1.82, 2.24) is 10.1 Å². The monoisotopic (exact) mass is 225 g/mol. The predicted octanol–water partition coefficient (Wildman–Crippen LogP) is 2.03. The largest absolute Gasteiger partial charge is 0.334 e. The Morgan fingerprint density at radius 2 is 1.94 bits per heavy atom. The third-order valence-corrected chi connectivity index (χ3v) is 2.03. The molecule has 0 aliphatic carbocycles. The number of benzene rings is 1. The topological polar surface area (TPSA) is 64.9 Å². The minimum Gasteiger partial charge on any atom is -0.334 e. The first-order valence-corrected chi connectivity index (χ1v) is 4.63. The Balaban J connectivity index is 2.50. The van der Waals surface area contributed by atoms with Gasteiger partial charge in [-0.2, -0.15) is 4.98 Å². The molecule has 0 saturated carbocycles. The number of rotatable bonds is 2. The highest BCUT2D eigenvalue weighted by Crippen LogP contribution is 2.24. The summed E-state index contributed by atoms with van der Waals surface area (Å²) in [6, 6.07) is 3.05. The van der Waals surface area contributed by atoms with Gasteiger partial charge in [0.25, 0.3) is 5.89 Å². The van der Waals surface area contributed by atoms with Crippen LogP contribution in [0.15, 0.2) is 22.7 Å². The molecule has 0 aliphatic heterocycles. The van der Waals surface area contributed by atoms with Crippen molar-refractivity contribution in [2.24, 2.45) is 5.73 Å². The molecule has 0 fully saturated rings. The van der Waals surface area contributed by atoms with Gasteiger partial charge in [0, 0.05) is 0 Å². The van der Waals surface area contributed by atoms with Crippen LogP contribution in [0.3, 0.4) is 0 Å². The zero-order chi connectivity index (χ0) is 11.7. The number of hydrogen-bond donors (Lipinski definition) is 1. The lowest BCUT2D eigenvalue weighted by molar-refractivity contribution is 0.413. The summed E-state index contributed by atoms with van der Waals surface area (Å²) in [4.78, 5) is 3.82. The van der Waals surface area contributed by atoms with Crippen molar-refractivity contribution in [3.63, 3.8) is 0 Å². The highest BCUT2D eigenvalue weighted by atomic mass is 19.1. The molecule has 1 atom stereocenters. The standard InChI is InChI=1S/C10H9F2N3O/c1-5(13)9-14-10(16-15-9)8-6(11)3-2-4-7(8)12/h2-5H,13H2,1H3. The Hall–Kier alpha value is -1.82. The van der Waals surface area contributed by atoms with E-state index >= 15 is 0 Å². The Morgan fingerprint density at radius 1 is 1.31 bits per heavy atom. The molecule has 1 aromatic heterocycles. The molecule has 0 amide bonds. The summed E-state index contributed by atoms with van der Waals surface area (Å²) in [6.45, 7) is 1.65. The van der Waals surface area contributed by atoms with E-state index in [1.807, 2.05) is 0 Å². The van der Waals surface area contributed by atoms with Crippen molar-refractivity contribution < 1.29 is 13.3 Å². The summed E-state index contributed by atoms with van der Waals surface area (Å²) in [5, 5.41) is 3.53. The average Bonchev–Trinajstić information content (AvgIpc) is 2.66. The van der Waals surface area contributed by atoms with Crippen LogP contribution in [0.2, 0.25) is 0 Å². The molecule has 2 aromatic rings. The number of aromatic nitrogens is 2. The number of nitrogens with two attached hydrogens (primary N) is 1. The normalized spacial score (nSPS) is 12.8. The second-order valence-electron chi connectivity index (χ2n) is 3.34. The van der Waals surface area contributed by atoms with E-state index in [4.69, 9.17) is 10.3 Å². The van der Waals surface area contributed by atoms with Crippen molar-refractivity contribution in [3.05, 3.63) is 35.7 Å². The molecule has 1 aromatic carbocycles. The van der Waals surface area contributed by atoms with Gasteiger partial charge in [-0.3, -0.25) is 0 Å². The lowest BCUT2D eigenvalue weighted by Crippen LogP contribution is -2.06. The molecule has 0 aliphatic rings. The van der Waals surface area contributed by atoms with Crippen LogP contribution in [0.1, 0.15) is 18.8 Å². The molecule has 1 unspecified atom stereocenters. The molecule has 16 heavy (non-hydrogen) atoms. The van der Waals surface area contributed by atoms with E-state index in [-0.39, 0.29) is 17.3 Å². The Kier molecular flexibility index (Phi) is 2.66. The zero-order valence-electron chi connectivity index (χ0n) is 8.45. The van der Waals surface area contributed by atoms with E-state index in [9.17, 15) is 8.78 Å². The number of hydrogen-bond acceptors (Lipinski definition) is 4. The summed E-state index contributed by atoms with van der Waals surface area (Å²) >= 11 is 0. The zero-order valence-corrected chi connectivity index (χ0v) is 8.45. The highest BCUT2D eigenvalue weighted by molar-refractivity contribution is 5.54. The Bertz CT molecular complexity index is 490. The van der Waals surface area contributed by atoms with E-state index in [1.165, 1.54) is 6.07 Å². The molecule has 4 nitrogen and oxygen atoms in total. The molecule has 1 heterocycles. The van der Waals surface area contributed by atoms with Crippen LogP contribution in [0, 0.1) is 11.6 Å². The van der Waals surface area contributed by atoms with Gasteiger partial charge >= 0.3 is 0 Å². The fraction of sp³-hybridized carbons (Fsp3) is 0.200. The van der Waals surface area contributed by atoms with Gasteiger partial charge < -0.3 is 10.3 Å².